The van der Waals surface area contributed by atoms with E-state index in [-0.39, 0.29) is 10.7 Å². The molecule has 1 N–H and O–H groups in total. The summed E-state index contributed by atoms with van der Waals surface area (Å²) in [7, 11) is 0. The van der Waals surface area contributed by atoms with Crippen LogP contribution < -0.4 is 5.32 Å². The van der Waals surface area contributed by atoms with Crippen LogP contribution in [-0.4, -0.2) is 5.91 Å². The second-order valence-corrected chi connectivity index (χ2v) is 7.15. The highest BCUT2D eigenvalue weighted by Crippen LogP contribution is 2.34. The van der Waals surface area contributed by atoms with Crippen molar-refractivity contribution >= 4 is 23.2 Å². The first-order chi connectivity index (χ1) is 12.1. The summed E-state index contributed by atoms with van der Waals surface area (Å²) in [4.78, 5) is 12.4. The number of carbonyl (C=O) groups is 1. The van der Waals surface area contributed by atoms with Gasteiger partial charge in [0.05, 0.1) is 22.2 Å². The van der Waals surface area contributed by atoms with Gasteiger partial charge in [0, 0.05) is 0 Å². The molecule has 0 radical (unpaired) electrons. The minimum Gasteiger partial charge on any atom is -0.324 e. The van der Waals surface area contributed by atoms with Gasteiger partial charge in [-0.2, -0.15) is 13.2 Å². The number of anilines is 1. The fraction of sp³-hybridized carbons (Fsp3) is 0.350. The first-order valence-electron chi connectivity index (χ1n) is 8.34. The van der Waals surface area contributed by atoms with Crippen molar-refractivity contribution in [3.8, 4) is 0 Å². The van der Waals surface area contributed by atoms with Crippen molar-refractivity contribution in [2.24, 2.45) is 5.92 Å². The summed E-state index contributed by atoms with van der Waals surface area (Å²) in [5.74, 6) is -0.402. The van der Waals surface area contributed by atoms with Gasteiger partial charge in [0.1, 0.15) is 0 Å². The van der Waals surface area contributed by atoms with Crippen molar-refractivity contribution in [1.82, 2.24) is 0 Å². The van der Waals surface area contributed by atoms with Crippen molar-refractivity contribution in [2.75, 3.05) is 5.32 Å². The van der Waals surface area contributed by atoms with Crippen LogP contribution in [0, 0.1) is 5.92 Å². The SMILES string of the molecule is CC(C)Cc1ccc([C@H](C)C(=O)Nc2cc(C(F)(F)F)ccc2Cl)cc1. The Balaban J connectivity index is 2.14. The van der Waals surface area contributed by atoms with Crippen molar-refractivity contribution < 1.29 is 18.0 Å². The van der Waals surface area contributed by atoms with Crippen molar-refractivity contribution in [3.63, 3.8) is 0 Å². The molecule has 2 aromatic rings. The van der Waals surface area contributed by atoms with E-state index in [4.69, 9.17) is 11.6 Å². The van der Waals surface area contributed by atoms with E-state index < -0.39 is 23.6 Å². The topological polar surface area (TPSA) is 29.1 Å². The van der Waals surface area contributed by atoms with Gasteiger partial charge in [-0.15, -0.1) is 0 Å². The zero-order valence-electron chi connectivity index (χ0n) is 14.8. The summed E-state index contributed by atoms with van der Waals surface area (Å²) in [5.41, 5.74) is 1.06. The number of rotatable bonds is 5. The second kappa shape index (κ2) is 8.12. The number of benzene rings is 2. The highest BCUT2D eigenvalue weighted by molar-refractivity contribution is 6.33. The molecule has 0 saturated carbocycles. The summed E-state index contributed by atoms with van der Waals surface area (Å²) >= 11 is 5.93. The maximum atomic E-state index is 12.8. The van der Waals surface area contributed by atoms with Gasteiger partial charge in [-0.25, -0.2) is 0 Å². The molecule has 2 aromatic carbocycles. The third-order valence-electron chi connectivity index (χ3n) is 4.07. The minimum atomic E-state index is -4.50. The lowest BCUT2D eigenvalue weighted by atomic mass is 9.96. The van der Waals surface area contributed by atoms with Gasteiger partial charge < -0.3 is 5.32 Å². The molecule has 1 atom stereocenters. The quantitative estimate of drug-likeness (QED) is 0.645. The van der Waals surface area contributed by atoms with Gasteiger partial charge >= 0.3 is 6.18 Å². The molecule has 0 bridgehead atoms. The molecule has 0 aromatic heterocycles. The molecule has 2 nitrogen and oxygen atoms in total. The molecule has 140 valence electrons. The molecule has 0 aliphatic heterocycles. The number of halogens is 4. The summed E-state index contributed by atoms with van der Waals surface area (Å²) in [6.45, 7) is 5.96. The molecule has 6 heteroatoms. The Labute approximate surface area is 156 Å². The monoisotopic (exact) mass is 383 g/mol. The summed E-state index contributed by atoms with van der Waals surface area (Å²) in [6, 6.07) is 10.5. The number of hydrogen-bond donors (Lipinski definition) is 1. The number of amides is 1. The Bertz CT molecular complexity index is 770. The molecule has 0 aliphatic carbocycles. The van der Waals surface area contributed by atoms with E-state index in [0.29, 0.717) is 5.92 Å². The summed E-state index contributed by atoms with van der Waals surface area (Å²) < 4.78 is 38.5. The number of carbonyl (C=O) groups excluding carboxylic acids is 1. The van der Waals surface area contributed by atoms with Crippen molar-refractivity contribution in [1.29, 1.82) is 0 Å². The Morgan fingerprint density at radius 3 is 2.23 bits per heavy atom. The summed E-state index contributed by atoms with van der Waals surface area (Å²) in [6.07, 6.45) is -3.55. The molecule has 0 spiro atoms. The molecule has 0 aliphatic rings. The van der Waals surface area contributed by atoms with E-state index in [0.717, 1.165) is 30.2 Å². The van der Waals surface area contributed by atoms with Crippen LogP contribution in [0.25, 0.3) is 0 Å². The van der Waals surface area contributed by atoms with E-state index in [1.54, 1.807) is 6.92 Å². The maximum absolute atomic E-state index is 12.8. The predicted octanol–water partition coefficient (Wildman–Crippen LogP) is 6.30. The van der Waals surface area contributed by atoms with Gasteiger partial charge in [-0.3, -0.25) is 4.79 Å². The van der Waals surface area contributed by atoms with Crippen LogP contribution in [0.1, 0.15) is 43.4 Å². The Morgan fingerprint density at radius 2 is 1.69 bits per heavy atom. The number of nitrogens with one attached hydrogen (secondary N) is 1. The lowest BCUT2D eigenvalue weighted by molar-refractivity contribution is -0.137. The van der Waals surface area contributed by atoms with Crippen LogP contribution in [0.4, 0.5) is 18.9 Å². The zero-order chi connectivity index (χ0) is 19.5. The fourth-order valence-corrected chi connectivity index (χ4v) is 2.77. The molecule has 0 heterocycles. The standard InChI is InChI=1S/C20H21ClF3NO/c1-12(2)10-14-4-6-15(7-5-14)13(3)19(26)25-18-11-16(20(22,23)24)8-9-17(18)21/h4-9,11-13H,10H2,1-3H3,(H,25,26)/t13-/m0/s1. The van der Waals surface area contributed by atoms with Crippen LogP contribution in [0.5, 0.6) is 0 Å². The molecule has 0 fully saturated rings. The van der Waals surface area contributed by atoms with Crippen LogP contribution in [-0.2, 0) is 17.4 Å². The van der Waals surface area contributed by atoms with E-state index >= 15 is 0 Å². The normalized spacial score (nSPS) is 12.9. The van der Waals surface area contributed by atoms with E-state index in [1.807, 2.05) is 24.3 Å². The minimum absolute atomic E-state index is 0.0465. The molecule has 0 unspecified atom stereocenters. The van der Waals surface area contributed by atoms with Gasteiger partial charge in [-0.1, -0.05) is 49.7 Å². The molecule has 2 rings (SSSR count). The van der Waals surface area contributed by atoms with Crippen LogP contribution in [0.2, 0.25) is 5.02 Å². The van der Waals surface area contributed by atoms with Crippen molar-refractivity contribution in [2.45, 2.75) is 39.3 Å². The first kappa shape index (κ1) is 20.3. The molecular formula is C20H21ClF3NO. The predicted molar refractivity (Wildman–Crippen MR) is 98.5 cm³/mol. The van der Waals surface area contributed by atoms with Gasteiger partial charge in [-0.05, 0) is 48.6 Å². The third-order valence-corrected chi connectivity index (χ3v) is 4.40. The number of alkyl halides is 3. The van der Waals surface area contributed by atoms with Crippen LogP contribution >= 0.6 is 11.6 Å². The second-order valence-electron chi connectivity index (χ2n) is 6.74. The largest absolute Gasteiger partial charge is 0.416 e. The van der Waals surface area contributed by atoms with Crippen LogP contribution in [0.15, 0.2) is 42.5 Å². The van der Waals surface area contributed by atoms with E-state index in [2.05, 4.69) is 19.2 Å². The Morgan fingerprint density at radius 1 is 1.08 bits per heavy atom. The zero-order valence-corrected chi connectivity index (χ0v) is 15.6. The lowest BCUT2D eigenvalue weighted by Crippen LogP contribution is -2.19. The Hall–Kier alpha value is -2.01. The van der Waals surface area contributed by atoms with Crippen molar-refractivity contribution in [3.05, 3.63) is 64.2 Å². The Kier molecular flexibility index (Phi) is 6.34. The van der Waals surface area contributed by atoms with Gasteiger partial charge in [0.15, 0.2) is 0 Å². The molecule has 0 saturated heterocycles. The molecule has 1 amide bonds. The maximum Gasteiger partial charge on any atom is 0.416 e. The summed E-state index contributed by atoms with van der Waals surface area (Å²) in [5, 5.41) is 2.56. The van der Waals surface area contributed by atoms with Gasteiger partial charge in [0.2, 0.25) is 5.91 Å². The highest BCUT2D eigenvalue weighted by Gasteiger charge is 2.31. The average molecular weight is 384 g/mol. The number of hydrogen-bond acceptors (Lipinski definition) is 1. The lowest BCUT2D eigenvalue weighted by Gasteiger charge is -2.16. The molecular weight excluding hydrogens is 363 g/mol. The van der Waals surface area contributed by atoms with E-state index in [1.165, 1.54) is 5.56 Å². The third kappa shape index (κ3) is 5.24. The molecule has 26 heavy (non-hydrogen) atoms. The first-order valence-corrected chi connectivity index (χ1v) is 8.72. The van der Waals surface area contributed by atoms with Gasteiger partial charge in [0.25, 0.3) is 0 Å². The average Bonchev–Trinajstić information content (AvgIpc) is 2.55. The van der Waals surface area contributed by atoms with E-state index in [9.17, 15) is 18.0 Å². The fourth-order valence-electron chi connectivity index (χ4n) is 2.60. The smallest absolute Gasteiger partial charge is 0.324 e. The van der Waals surface area contributed by atoms with Crippen LogP contribution in [0.3, 0.4) is 0 Å². The highest BCUT2D eigenvalue weighted by atomic mass is 35.5.